The fourth-order valence-electron chi connectivity index (χ4n) is 0.0758. The number of nitrogens with two attached hydrogens (primary N) is 1. The van der Waals surface area contributed by atoms with E-state index < -0.39 is 5.96 Å². The van der Waals surface area contributed by atoms with Crippen molar-refractivity contribution in [1.82, 2.24) is 5.48 Å². The highest BCUT2D eigenvalue weighted by atomic mass is 16.7. The van der Waals surface area contributed by atoms with Gasteiger partial charge < -0.3 is 10.6 Å². The van der Waals surface area contributed by atoms with Gasteiger partial charge in [0.25, 0.3) is 0 Å². The van der Waals surface area contributed by atoms with Crippen LogP contribution in [0.4, 0.5) is 0 Å². The molecule has 0 saturated carbocycles. The molecular formula is C2H4N3O2. The predicted octanol–water partition coefficient (Wildman–Crippen LogP) is -1.53. The van der Waals surface area contributed by atoms with Gasteiger partial charge in [-0.1, -0.05) is 0 Å². The molecule has 5 nitrogen and oxygen atoms in total. The molecule has 1 radical (unpaired) electrons. The molecule has 0 spiro atoms. The molecule has 0 unspecified atom stereocenters. The smallest absolute Gasteiger partial charge is 0.368 e. The lowest BCUT2D eigenvalue weighted by atomic mass is 11.1. The Morgan fingerprint density at radius 3 is 2.71 bits per heavy atom. The molecule has 0 aliphatic rings. The van der Waals surface area contributed by atoms with Gasteiger partial charge in [-0.3, -0.25) is 5.41 Å². The Kier molecular flexibility index (Phi) is 2.42. The van der Waals surface area contributed by atoms with Crippen LogP contribution in [0, 0.1) is 5.41 Å². The molecule has 7 heavy (non-hydrogen) atoms. The van der Waals surface area contributed by atoms with Crippen molar-refractivity contribution in [1.29, 1.82) is 5.41 Å². The highest BCUT2D eigenvalue weighted by Gasteiger charge is 1.80. The second-order valence-corrected chi connectivity index (χ2v) is 0.701. The predicted molar refractivity (Wildman–Crippen MR) is 21.8 cm³/mol. The van der Waals surface area contributed by atoms with Gasteiger partial charge in [0.1, 0.15) is 0 Å². The number of rotatable bonds is 2. The molecule has 0 heterocycles. The zero-order valence-electron chi connectivity index (χ0n) is 3.39. The summed E-state index contributed by atoms with van der Waals surface area (Å²) in [7, 11) is 0. The maximum absolute atomic E-state index is 9.15. The van der Waals surface area contributed by atoms with E-state index >= 15 is 0 Å². The van der Waals surface area contributed by atoms with Gasteiger partial charge in [-0.2, -0.15) is 5.48 Å². The third-order valence-corrected chi connectivity index (χ3v) is 0.203. The molecule has 39 valence electrons. The molecule has 0 saturated heterocycles. The van der Waals surface area contributed by atoms with Crippen LogP contribution < -0.4 is 11.2 Å². The van der Waals surface area contributed by atoms with Crippen molar-refractivity contribution in [3.05, 3.63) is 0 Å². The minimum atomic E-state index is -0.427. The second-order valence-electron chi connectivity index (χ2n) is 0.701. The van der Waals surface area contributed by atoms with Crippen LogP contribution in [-0.2, 0) is 9.63 Å². The van der Waals surface area contributed by atoms with E-state index in [1.165, 1.54) is 0 Å². The Labute approximate surface area is 39.9 Å². The van der Waals surface area contributed by atoms with Gasteiger partial charge in [-0.25, -0.2) is 4.79 Å². The minimum absolute atomic E-state index is 0.427. The van der Waals surface area contributed by atoms with Crippen LogP contribution in [0.5, 0.6) is 0 Å². The van der Waals surface area contributed by atoms with E-state index in [4.69, 9.17) is 10.2 Å². The summed E-state index contributed by atoms with van der Waals surface area (Å²) in [4.78, 5) is 12.8. The van der Waals surface area contributed by atoms with Gasteiger partial charge in [0.15, 0.2) is 0 Å². The Morgan fingerprint density at radius 2 is 2.57 bits per heavy atom. The zero-order valence-corrected chi connectivity index (χ0v) is 3.39. The molecule has 0 aromatic heterocycles. The molecule has 0 aliphatic heterocycles. The first-order chi connectivity index (χ1) is 3.27. The fourth-order valence-corrected chi connectivity index (χ4v) is 0.0758. The van der Waals surface area contributed by atoms with Crippen molar-refractivity contribution < 1.29 is 9.63 Å². The standard InChI is InChI=1S/C2H4N3O2/c3-2(4)5-7-1-6/h(H4,3,4,5). The summed E-state index contributed by atoms with van der Waals surface area (Å²) in [6.45, 7) is 1.02. The lowest BCUT2D eigenvalue weighted by Crippen LogP contribution is -2.29. The van der Waals surface area contributed by atoms with Crippen molar-refractivity contribution >= 4 is 12.4 Å². The highest BCUT2D eigenvalue weighted by Crippen LogP contribution is 1.48. The van der Waals surface area contributed by atoms with Crippen LogP contribution in [0.1, 0.15) is 0 Å². The third-order valence-electron chi connectivity index (χ3n) is 0.203. The van der Waals surface area contributed by atoms with E-state index in [9.17, 15) is 0 Å². The summed E-state index contributed by atoms with van der Waals surface area (Å²) in [5.41, 5.74) is 6.38. The molecule has 0 aromatic rings. The quantitative estimate of drug-likeness (QED) is 0.224. The molecular weight excluding hydrogens is 98.0 g/mol. The average Bonchev–Trinajstić information content (AvgIpc) is 1.61. The molecule has 0 rings (SSSR count). The van der Waals surface area contributed by atoms with Crippen LogP contribution in [0.25, 0.3) is 0 Å². The Hall–Kier alpha value is -1.26. The first-order valence-electron chi connectivity index (χ1n) is 1.40. The molecule has 0 fully saturated rings. The minimum Gasteiger partial charge on any atom is -0.368 e. The summed E-state index contributed by atoms with van der Waals surface area (Å²) in [6.07, 6.45) is 0. The molecule has 0 bridgehead atoms. The van der Waals surface area contributed by atoms with Gasteiger partial charge in [-0.15, -0.1) is 0 Å². The van der Waals surface area contributed by atoms with Gasteiger partial charge in [-0.05, 0) is 0 Å². The van der Waals surface area contributed by atoms with E-state index in [0.717, 1.165) is 6.47 Å². The van der Waals surface area contributed by atoms with E-state index in [1.54, 1.807) is 5.48 Å². The number of hydrogen-bond donors (Lipinski definition) is 3. The van der Waals surface area contributed by atoms with Crippen molar-refractivity contribution in [2.24, 2.45) is 5.73 Å². The first-order valence-corrected chi connectivity index (χ1v) is 1.40. The number of guanidine groups is 1. The molecule has 0 atom stereocenters. The van der Waals surface area contributed by atoms with Gasteiger partial charge in [0.2, 0.25) is 5.96 Å². The van der Waals surface area contributed by atoms with Crippen molar-refractivity contribution in [3.8, 4) is 0 Å². The number of hydroxylamine groups is 1. The summed E-state index contributed by atoms with van der Waals surface area (Å²) in [5, 5.41) is 6.36. The lowest BCUT2D eigenvalue weighted by molar-refractivity contribution is 0.225. The summed E-state index contributed by atoms with van der Waals surface area (Å²) < 4.78 is 0. The first kappa shape index (κ1) is 5.74. The average molecular weight is 102 g/mol. The number of hydrogen-bond acceptors (Lipinski definition) is 3. The number of carbonyl (C=O) groups excluding carboxylic acids is 1. The molecule has 0 aromatic carbocycles. The zero-order chi connectivity index (χ0) is 5.70. The molecule has 4 N–H and O–H groups in total. The monoisotopic (exact) mass is 102 g/mol. The maximum Gasteiger partial charge on any atom is 0.443 e. The highest BCUT2D eigenvalue weighted by molar-refractivity contribution is 5.73. The van der Waals surface area contributed by atoms with E-state index in [0.29, 0.717) is 0 Å². The Balaban J connectivity index is 2.97. The number of nitrogens with one attached hydrogen (secondary N) is 2. The van der Waals surface area contributed by atoms with Gasteiger partial charge in [0, 0.05) is 0 Å². The van der Waals surface area contributed by atoms with Crippen molar-refractivity contribution in [2.75, 3.05) is 0 Å². The third kappa shape index (κ3) is 4.74. The van der Waals surface area contributed by atoms with E-state index in [2.05, 4.69) is 10.6 Å². The second kappa shape index (κ2) is 2.95. The van der Waals surface area contributed by atoms with Crippen LogP contribution in [-0.4, -0.2) is 12.4 Å². The van der Waals surface area contributed by atoms with Crippen LogP contribution >= 0.6 is 0 Å². The van der Waals surface area contributed by atoms with Gasteiger partial charge >= 0.3 is 6.47 Å². The van der Waals surface area contributed by atoms with Gasteiger partial charge in [0.05, 0.1) is 0 Å². The molecule has 0 aliphatic carbocycles. The SMILES string of the molecule is N=C(N)NO[C]=O. The van der Waals surface area contributed by atoms with Crippen molar-refractivity contribution in [2.45, 2.75) is 0 Å². The molecule has 0 amide bonds. The van der Waals surface area contributed by atoms with E-state index in [-0.39, 0.29) is 0 Å². The summed E-state index contributed by atoms with van der Waals surface area (Å²) in [5.74, 6) is -0.427. The Bertz CT molecular complexity index is 81.0. The molecule has 5 heteroatoms. The van der Waals surface area contributed by atoms with Crippen LogP contribution in [0.15, 0.2) is 0 Å². The summed E-state index contributed by atoms with van der Waals surface area (Å²) >= 11 is 0. The van der Waals surface area contributed by atoms with Crippen LogP contribution in [0.3, 0.4) is 0 Å². The van der Waals surface area contributed by atoms with Crippen molar-refractivity contribution in [3.63, 3.8) is 0 Å². The maximum atomic E-state index is 9.15. The Morgan fingerprint density at radius 1 is 2.00 bits per heavy atom. The fraction of sp³-hybridized carbons (Fsp3) is 0. The van der Waals surface area contributed by atoms with Crippen LogP contribution in [0.2, 0.25) is 0 Å². The lowest BCUT2D eigenvalue weighted by Gasteiger charge is -1.92. The normalized spacial score (nSPS) is 6.86. The summed E-state index contributed by atoms with van der Waals surface area (Å²) in [6, 6.07) is 0. The largest absolute Gasteiger partial charge is 0.443 e. The van der Waals surface area contributed by atoms with E-state index in [1.807, 2.05) is 0 Å². The topological polar surface area (TPSA) is 88.2 Å².